The van der Waals surface area contributed by atoms with E-state index in [0.717, 1.165) is 25.7 Å². The van der Waals surface area contributed by atoms with Gasteiger partial charge in [-0.2, -0.15) is 0 Å². The van der Waals surface area contributed by atoms with Crippen molar-refractivity contribution in [2.75, 3.05) is 0 Å². The number of aliphatic hydroxyl groups is 2. The molecule has 0 aromatic heterocycles. The van der Waals surface area contributed by atoms with Crippen molar-refractivity contribution in [1.29, 1.82) is 0 Å². The first kappa shape index (κ1) is 22.1. The largest absolute Gasteiger partial charge is 0.481 e. The van der Waals surface area contributed by atoms with E-state index in [9.17, 15) is 28.6 Å². The third-order valence-corrected chi connectivity index (χ3v) is 9.73. The number of rotatable bonds is 4. The predicted octanol–water partition coefficient (Wildman–Crippen LogP) is 4.01. The molecular weight excluding hydrogens is 394 g/mol. The first-order chi connectivity index (χ1) is 13.8. The quantitative estimate of drug-likeness (QED) is 0.588. The molecule has 4 aliphatic rings. The summed E-state index contributed by atoms with van der Waals surface area (Å²) in [6, 6.07) is 0. The molecule has 0 saturated heterocycles. The summed E-state index contributed by atoms with van der Waals surface area (Å²) in [5.74, 6) is -7.62. The number of hydrogen-bond donors (Lipinski definition) is 3. The van der Waals surface area contributed by atoms with Gasteiger partial charge < -0.3 is 15.3 Å². The molecule has 5 nitrogen and oxygen atoms in total. The summed E-state index contributed by atoms with van der Waals surface area (Å²) >= 11 is 0. The van der Waals surface area contributed by atoms with Crippen LogP contribution in [0.25, 0.3) is 0 Å². The molecule has 3 N–H and O–H groups in total. The Hall–Kier alpha value is -1.08. The van der Waals surface area contributed by atoms with Crippen LogP contribution in [0.2, 0.25) is 0 Å². The zero-order valence-corrected chi connectivity index (χ0v) is 17.9. The fourth-order valence-corrected chi connectivity index (χ4v) is 8.02. The Bertz CT molecular complexity index is 737. The number of Topliss-reactive ketones (excluding diaryl/α,β-unsaturated/α-hetero) is 1. The van der Waals surface area contributed by atoms with Crippen LogP contribution >= 0.6 is 0 Å². The highest BCUT2D eigenvalue weighted by molar-refractivity contribution is 5.83. The molecule has 0 amide bonds. The molecule has 30 heavy (non-hydrogen) atoms. The number of carboxylic acids is 1. The van der Waals surface area contributed by atoms with Gasteiger partial charge in [0.2, 0.25) is 5.79 Å². The molecule has 7 atom stereocenters. The molecule has 0 aliphatic heterocycles. The van der Waals surface area contributed by atoms with Crippen LogP contribution in [0, 0.1) is 40.4 Å². The van der Waals surface area contributed by atoms with Gasteiger partial charge in [-0.3, -0.25) is 9.59 Å². The molecule has 0 aromatic rings. The highest BCUT2D eigenvalue weighted by Gasteiger charge is 2.69. The van der Waals surface area contributed by atoms with E-state index in [1.54, 1.807) is 0 Å². The number of alkyl halides is 2. The van der Waals surface area contributed by atoms with Crippen LogP contribution in [0.5, 0.6) is 0 Å². The summed E-state index contributed by atoms with van der Waals surface area (Å²) in [7, 11) is 0. The normalized spacial score (nSPS) is 46.6. The second kappa shape index (κ2) is 6.96. The van der Waals surface area contributed by atoms with Gasteiger partial charge in [0.05, 0.1) is 0 Å². The molecule has 0 radical (unpaired) electrons. The van der Waals surface area contributed by atoms with Crippen LogP contribution in [0.15, 0.2) is 0 Å². The fraction of sp³-hybridized carbons (Fsp3) is 0.913. The maximum atomic E-state index is 14.6. The Kier molecular flexibility index (Phi) is 5.13. The van der Waals surface area contributed by atoms with Crippen molar-refractivity contribution in [2.45, 2.75) is 89.8 Å². The molecule has 170 valence electrons. The van der Waals surface area contributed by atoms with Gasteiger partial charge in [-0.1, -0.05) is 13.8 Å². The van der Waals surface area contributed by atoms with Crippen molar-refractivity contribution in [3.63, 3.8) is 0 Å². The maximum absolute atomic E-state index is 14.6. The lowest BCUT2D eigenvalue weighted by Gasteiger charge is -2.61. The van der Waals surface area contributed by atoms with E-state index >= 15 is 0 Å². The number of carbonyl (C=O) groups excluding carboxylic acids is 1. The number of ketones is 1. The van der Waals surface area contributed by atoms with Crippen molar-refractivity contribution in [1.82, 2.24) is 0 Å². The molecule has 0 aromatic carbocycles. The molecule has 0 heterocycles. The summed E-state index contributed by atoms with van der Waals surface area (Å²) in [6.07, 6.45) is 4.14. The summed E-state index contributed by atoms with van der Waals surface area (Å²) in [4.78, 5) is 24.2. The van der Waals surface area contributed by atoms with Crippen molar-refractivity contribution >= 4 is 11.8 Å². The average molecular weight is 429 g/mol. The summed E-state index contributed by atoms with van der Waals surface area (Å²) in [5.41, 5.74) is -0.826. The number of carbonyl (C=O) groups is 2. The number of halogens is 2. The number of fused-ring (bicyclic) bond motifs is 5. The Morgan fingerprint density at radius 2 is 1.77 bits per heavy atom. The van der Waals surface area contributed by atoms with Gasteiger partial charge in [0, 0.05) is 31.6 Å². The molecule has 6 unspecified atom stereocenters. The number of carboxylic acid groups (broad SMARTS) is 1. The maximum Gasteiger partial charge on any atom is 0.303 e. The first-order valence-corrected chi connectivity index (χ1v) is 11.4. The lowest BCUT2D eigenvalue weighted by atomic mass is 9.43. The van der Waals surface area contributed by atoms with Crippen molar-refractivity contribution < 1.29 is 33.7 Å². The van der Waals surface area contributed by atoms with E-state index in [1.807, 2.05) is 6.92 Å². The molecule has 7 heteroatoms. The van der Waals surface area contributed by atoms with E-state index in [4.69, 9.17) is 5.11 Å². The Morgan fingerprint density at radius 1 is 1.10 bits per heavy atom. The van der Waals surface area contributed by atoms with Crippen LogP contribution in [0.1, 0.15) is 78.1 Å². The lowest BCUT2D eigenvalue weighted by Crippen LogP contribution is -2.64. The SMILES string of the molecule is CC12CCC3C(C(=O)C[C@@H]4CC(O)(O)C(F)(F)CC34C)C1CCC2CCCC(=O)O. The topological polar surface area (TPSA) is 94.8 Å². The van der Waals surface area contributed by atoms with Gasteiger partial charge in [0.25, 0.3) is 0 Å². The summed E-state index contributed by atoms with van der Waals surface area (Å²) in [6.45, 7) is 4.06. The van der Waals surface area contributed by atoms with Gasteiger partial charge in [0.15, 0.2) is 0 Å². The van der Waals surface area contributed by atoms with E-state index < -0.39 is 41.9 Å². The molecule has 4 saturated carbocycles. The van der Waals surface area contributed by atoms with Gasteiger partial charge in [0.1, 0.15) is 5.78 Å². The van der Waals surface area contributed by atoms with Crippen LogP contribution < -0.4 is 0 Å². The first-order valence-electron chi connectivity index (χ1n) is 11.4. The minimum absolute atomic E-state index is 0.0482. The fourth-order valence-electron chi connectivity index (χ4n) is 8.02. The minimum atomic E-state index is -3.58. The molecule has 0 spiro atoms. The Labute approximate surface area is 176 Å². The van der Waals surface area contributed by atoms with E-state index in [2.05, 4.69) is 6.92 Å². The zero-order valence-electron chi connectivity index (χ0n) is 17.9. The average Bonchev–Trinajstić information content (AvgIpc) is 2.94. The van der Waals surface area contributed by atoms with Crippen LogP contribution in [0.3, 0.4) is 0 Å². The van der Waals surface area contributed by atoms with Crippen LogP contribution in [0.4, 0.5) is 8.78 Å². The smallest absolute Gasteiger partial charge is 0.303 e. The summed E-state index contributed by atoms with van der Waals surface area (Å²) in [5, 5.41) is 28.8. The van der Waals surface area contributed by atoms with Gasteiger partial charge in [-0.25, -0.2) is 8.78 Å². The molecule has 4 aliphatic carbocycles. The Morgan fingerprint density at radius 3 is 2.43 bits per heavy atom. The highest BCUT2D eigenvalue weighted by Crippen LogP contribution is 2.68. The standard InChI is InChI=1S/C23H34F2O5/c1-20-9-8-16-19(15(20)7-6-13(20)4-3-5-18(27)28)17(26)10-14-11-23(29,30)22(24,25)12-21(14,16)2/h13-16,19,29-30H,3-12H2,1-2H3,(H,27,28)/t13?,14-,15?,16?,19?,20?,21?/m1/s1. The van der Waals surface area contributed by atoms with Crippen molar-refractivity contribution in [3.05, 3.63) is 0 Å². The monoisotopic (exact) mass is 428 g/mol. The lowest BCUT2D eigenvalue weighted by molar-refractivity contribution is -0.344. The summed E-state index contributed by atoms with van der Waals surface area (Å²) < 4.78 is 29.3. The van der Waals surface area contributed by atoms with E-state index in [-0.39, 0.29) is 41.8 Å². The predicted molar refractivity (Wildman–Crippen MR) is 105 cm³/mol. The van der Waals surface area contributed by atoms with Gasteiger partial charge in [-0.05, 0) is 73.0 Å². The van der Waals surface area contributed by atoms with Crippen molar-refractivity contribution in [3.8, 4) is 0 Å². The second-order valence-electron chi connectivity index (χ2n) is 11.1. The molecule has 4 rings (SSSR count). The number of hydrogen-bond acceptors (Lipinski definition) is 4. The zero-order chi connectivity index (χ0) is 22.1. The van der Waals surface area contributed by atoms with Gasteiger partial charge in [-0.15, -0.1) is 0 Å². The van der Waals surface area contributed by atoms with Crippen LogP contribution in [-0.4, -0.2) is 38.8 Å². The third kappa shape index (κ3) is 3.14. The second-order valence-corrected chi connectivity index (χ2v) is 11.1. The molecule has 0 bridgehead atoms. The molecule has 4 fully saturated rings. The minimum Gasteiger partial charge on any atom is -0.481 e. The highest BCUT2D eigenvalue weighted by atomic mass is 19.3. The van der Waals surface area contributed by atoms with Crippen molar-refractivity contribution in [2.24, 2.45) is 40.4 Å². The van der Waals surface area contributed by atoms with E-state index in [0.29, 0.717) is 18.8 Å². The molecular formula is C23H34F2O5. The third-order valence-electron chi connectivity index (χ3n) is 9.73. The Balaban J connectivity index is 1.58. The van der Waals surface area contributed by atoms with Crippen LogP contribution in [-0.2, 0) is 9.59 Å². The van der Waals surface area contributed by atoms with Gasteiger partial charge >= 0.3 is 11.9 Å². The number of aliphatic carboxylic acids is 1. The van der Waals surface area contributed by atoms with E-state index in [1.165, 1.54) is 0 Å².